The zero-order valence-corrected chi connectivity index (χ0v) is 15.7. The molecule has 2 aliphatic heterocycles. The molecule has 2 heterocycles. The second-order valence-electron chi connectivity index (χ2n) is 7.26. The van der Waals surface area contributed by atoms with Crippen molar-refractivity contribution in [1.29, 1.82) is 0 Å². The second-order valence-corrected chi connectivity index (χ2v) is 9.49. The van der Waals surface area contributed by atoms with E-state index in [9.17, 15) is 18.0 Å². The van der Waals surface area contributed by atoms with Gasteiger partial charge in [0.1, 0.15) is 0 Å². The van der Waals surface area contributed by atoms with E-state index in [4.69, 9.17) is 0 Å². The number of carbonyl (C=O) groups excluding carboxylic acids is 2. The molecule has 0 aromatic heterocycles. The monoisotopic (exact) mass is 364 g/mol. The minimum absolute atomic E-state index is 0.0245. The van der Waals surface area contributed by atoms with Crippen LogP contribution in [0.25, 0.3) is 0 Å². The Labute approximate surface area is 148 Å². The van der Waals surface area contributed by atoms with Crippen LogP contribution >= 0.6 is 0 Å². The fraction of sp³-hybridized carbons (Fsp3) is 0.556. The first kappa shape index (κ1) is 17.9. The largest absolute Gasteiger partial charge is 0.341 e. The molecule has 2 saturated heterocycles. The lowest BCUT2D eigenvalue weighted by molar-refractivity contribution is -0.136. The van der Waals surface area contributed by atoms with Crippen LogP contribution in [0.4, 0.5) is 5.69 Å². The normalized spacial score (nSPS) is 25.4. The topological polar surface area (TPSA) is 74.8 Å². The smallest absolute Gasteiger partial charge is 0.228 e. The van der Waals surface area contributed by atoms with Crippen LogP contribution in [0.5, 0.6) is 0 Å². The van der Waals surface area contributed by atoms with Gasteiger partial charge in [0.25, 0.3) is 0 Å². The Morgan fingerprint density at radius 3 is 2.40 bits per heavy atom. The van der Waals surface area contributed by atoms with Gasteiger partial charge in [0.15, 0.2) is 9.84 Å². The number of carbonyl (C=O) groups is 2. The summed E-state index contributed by atoms with van der Waals surface area (Å²) in [5.41, 5.74) is 2.97. The molecule has 2 amide bonds. The van der Waals surface area contributed by atoms with Gasteiger partial charge in [-0.3, -0.25) is 9.59 Å². The quantitative estimate of drug-likeness (QED) is 0.810. The number of rotatable bonds is 3. The minimum atomic E-state index is -3.04. The Morgan fingerprint density at radius 2 is 1.84 bits per heavy atom. The van der Waals surface area contributed by atoms with E-state index < -0.39 is 15.8 Å². The van der Waals surface area contributed by atoms with E-state index in [0.29, 0.717) is 13.0 Å². The lowest BCUT2D eigenvalue weighted by atomic mass is 10.1. The van der Waals surface area contributed by atoms with E-state index in [1.807, 2.05) is 32.0 Å². The highest BCUT2D eigenvalue weighted by Gasteiger charge is 2.40. The number of amides is 2. The molecule has 0 aliphatic carbocycles. The molecule has 0 bridgehead atoms. The second kappa shape index (κ2) is 6.44. The summed E-state index contributed by atoms with van der Waals surface area (Å²) in [5.74, 6) is -0.454. The van der Waals surface area contributed by atoms with Crippen LogP contribution in [-0.4, -0.2) is 56.3 Å². The molecule has 3 rings (SSSR count). The minimum Gasteiger partial charge on any atom is -0.341 e. The van der Waals surface area contributed by atoms with E-state index in [1.54, 1.807) is 11.9 Å². The molecule has 136 valence electrons. The zero-order chi connectivity index (χ0) is 18.4. The van der Waals surface area contributed by atoms with Crippen molar-refractivity contribution >= 4 is 27.3 Å². The van der Waals surface area contributed by atoms with E-state index >= 15 is 0 Å². The van der Waals surface area contributed by atoms with Crippen molar-refractivity contribution in [3.05, 3.63) is 29.3 Å². The molecule has 2 aliphatic rings. The SMILES string of the molecule is Cc1cc(C)cc(N2CC(C(=O)N(C)C3CCS(=O)(=O)C3)CC2=O)c1. The molecule has 7 heteroatoms. The number of nitrogens with zero attached hydrogens (tertiary/aromatic N) is 2. The highest BCUT2D eigenvalue weighted by atomic mass is 32.2. The lowest BCUT2D eigenvalue weighted by Crippen LogP contribution is -2.42. The number of hydrogen-bond acceptors (Lipinski definition) is 4. The van der Waals surface area contributed by atoms with Crippen molar-refractivity contribution in [1.82, 2.24) is 4.90 Å². The number of hydrogen-bond donors (Lipinski definition) is 0. The van der Waals surface area contributed by atoms with Gasteiger partial charge in [-0.25, -0.2) is 8.42 Å². The lowest BCUT2D eigenvalue weighted by Gasteiger charge is -2.26. The Hall–Kier alpha value is -1.89. The first-order valence-electron chi connectivity index (χ1n) is 8.52. The van der Waals surface area contributed by atoms with Gasteiger partial charge in [0, 0.05) is 31.7 Å². The average molecular weight is 364 g/mol. The predicted molar refractivity (Wildman–Crippen MR) is 96.2 cm³/mol. The summed E-state index contributed by atoms with van der Waals surface area (Å²) in [7, 11) is -1.39. The highest BCUT2D eigenvalue weighted by molar-refractivity contribution is 7.91. The van der Waals surface area contributed by atoms with Gasteiger partial charge in [0.05, 0.1) is 17.4 Å². The molecule has 6 nitrogen and oxygen atoms in total. The van der Waals surface area contributed by atoms with Crippen LogP contribution in [0, 0.1) is 19.8 Å². The fourth-order valence-electron chi connectivity index (χ4n) is 3.78. The number of sulfone groups is 1. The number of anilines is 1. The van der Waals surface area contributed by atoms with E-state index in [-0.39, 0.29) is 35.8 Å². The third-order valence-electron chi connectivity index (χ3n) is 5.10. The maximum absolute atomic E-state index is 12.8. The van der Waals surface area contributed by atoms with Crippen LogP contribution < -0.4 is 4.90 Å². The summed E-state index contributed by atoms with van der Waals surface area (Å²) in [6.45, 7) is 4.31. The molecule has 2 fully saturated rings. The third-order valence-corrected chi connectivity index (χ3v) is 6.85. The summed E-state index contributed by atoms with van der Waals surface area (Å²) < 4.78 is 23.3. The van der Waals surface area contributed by atoms with Gasteiger partial charge in [-0.1, -0.05) is 6.07 Å². The summed E-state index contributed by atoms with van der Waals surface area (Å²) >= 11 is 0. The van der Waals surface area contributed by atoms with Crippen molar-refractivity contribution in [2.45, 2.75) is 32.7 Å². The number of aryl methyl sites for hydroxylation is 2. The van der Waals surface area contributed by atoms with E-state index in [1.165, 1.54) is 4.90 Å². The molecule has 0 spiro atoms. The van der Waals surface area contributed by atoms with Crippen molar-refractivity contribution in [2.24, 2.45) is 5.92 Å². The molecule has 0 N–H and O–H groups in total. The Balaban J connectivity index is 1.72. The fourth-order valence-corrected chi connectivity index (χ4v) is 5.55. The van der Waals surface area contributed by atoms with Crippen molar-refractivity contribution in [3.63, 3.8) is 0 Å². The van der Waals surface area contributed by atoms with Gasteiger partial charge in [0.2, 0.25) is 11.8 Å². The average Bonchev–Trinajstić information content (AvgIpc) is 3.07. The molecular formula is C18H24N2O4S. The molecule has 0 radical (unpaired) electrons. The summed E-state index contributed by atoms with van der Waals surface area (Å²) in [5, 5.41) is 0. The van der Waals surface area contributed by atoms with Crippen LogP contribution in [-0.2, 0) is 19.4 Å². The molecule has 1 aromatic carbocycles. The summed E-state index contributed by atoms with van der Waals surface area (Å²) in [6, 6.07) is 5.67. The van der Waals surface area contributed by atoms with E-state index in [0.717, 1.165) is 16.8 Å². The van der Waals surface area contributed by atoms with Crippen LogP contribution in [0.2, 0.25) is 0 Å². The van der Waals surface area contributed by atoms with Crippen LogP contribution in [0.3, 0.4) is 0 Å². The molecular weight excluding hydrogens is 340 g/mol. The Kier molecular flexibility index (Phi) is 4.62. The molecule has 0 saturated carbocycles. The summed E-state index contributed by atoms with van der Waals surface area (Å²) in [4.78, 5) is 28.4. The van der Waals surface area contributed by atoms with Gasteiger partial charge < -0.3 is 9.80 Å². The van der Waals surface area contributed by atoms with Crippen LogP contribution in [0.1, 0.15) is 24.0 Å². The highest BCUT2D eigenvalue weighted by Crippen LogP contribution is 2.29. The summed E-state index contributed by atoms with van der Waals surface area (Å²) in [6.07, 6.45) is 0.654. The van der Waals surface area contributed by atoms with Crippen molar-refractivity contribution in [3.8, 4) is 0 Å². The van der Waals surface area contributed by atoms with Gasteiger partial charge in [-0.15, -0.1) is 0 Å². The van der Waals surface area contributed by atoms with E-state index in [2.05, 4.69) is 0 Å². The number of benzene rings is 1. The maximum atomic E-state index is 12.8. The van der Waals surface area contributed by atoms with Gasteiger partial charge in [-0.05, 0) is 43.5 Å². The van der Waals surface area contributed by atoms with Gasteiger partial charge in [-0.2, -0.15) is 0 Å². The third kappa shape index (κ3) is 3.71. The van der Waals surface area contributed by atoms with Crippen molar-refractivity contribution in [2.75, 3.05) is 30.0 Å². The Morgan fingerprint density at radius 1 is 1.20 bits per heavy atom. The molecule has 2 atom stereocenters. The maximum Gasteiger partial charge on any atom is 0.228 e. The van der Waals surface area contributed by atoms with Gasteiger partial charge >= 0.3 is 0 Å². The standard InChI is InChI=1S/C18H24N2O4S/c1-12-6-13(2)8-16(7-12)20-10-14(9-17(20)21)18(22)19(3)15-4-5-25(23,24)11-15/h6-8,14-15H,4-5,9-11H2,1-3H3. The molecule has 1 aromatic rings. The first-order chi connectivity index (χ1) is 11.7. The first-order valence-corrected chi connectivity index (χ1v) is 10.3. The Bertz CT molecular complexity index is 798. The molecule has 25 heavy (non-hydrogen) atoms. The van der Waals surface area contributed by atoms with Crippen LogP contribution in [0.15, 0.2) is 18.2 Å². The molecule has 2 unspecified atom stereocenters. The predicted octanol–water partition coefficient (Wildman–Crippen LogP) is 1.30. The van der Waals surface area contributed by atoms with Crippen molar-refractivity contribution < 1.29 is 18.0 Å². The zero-order valence-electron chi connectivity index (χ0n) is 14.9.